The summed E-state index contributed by atoms with van der Waals surface area (Å²) in [7, 11) is 0. The molecule has 1 fully saturated rings. The summed E-state index contributed by atoms with van der Waals surface area (Å²) in [5.41, 5.74) is 4.38. The molecule has 0 radical (unpaired) electrons. The Kier molecular flexibility index (Phi) is 7.60. The van der Waals surface area contributed by atoms with Crippen LogP contribution in [0.3, 0.4) is 0 Å². The standard InChI is InChI=1S/C29H25ClN4O5/c30-24-16-20(9-10-25(24)35)28(37)32-31-18-21-8-7-19(22-4-1-2-5-23(21)22)17-27(36)33-11-13-34(14-12-33)29(38)26-6-3-15-39-26/h1-10,15-16,18,35H,11-14,17H2,(H,32,37). The molecule has 1 saturated heterocycles. The van der Waals surface area contributed by atoms with Crippen molar-refractivity contribution in [1.29, 1.82) is 0 Å². The highest BCUT2D eigenvalue weighted by atomic mass is 35.5. The lowest BCUT2D eigenvalue weighted by Crippen LogP contribution is -2.50. The van der Waals surface area contributed by atoms with Crippen LogP contribution < -0.4 is 5.43 Å². The third-order valence-corrected chi connectivity index (χ3v) is 6.92. The highest BCUT2D eigenvalue weighted by Crippen LogP contribution is 2.25. The van der Waals surface area contributed by atoms with Crippen molar-refractivity contribution in [3.8, 4) is 5.75 Å². The van der Waals surface area contributed by atoms with Gasteiger partial charge in [-0.2, -0.15) is 5.10 Å². The van der Waals surface area contributed by atoms with Gasteiger partial charge in [0, 0.05) is 37.3 Å². The predicted molar refractivity (Wildman–Crippen MR) is 147 cm³/mol. The number of piperazine rings is 1. The van der Waals surface area contributed by atoms with Crippen LogP contribution in [0.5, 0.6) is 5.75 Å². The van der Waals surface area contributed by atoms with E-state index in [0.717, 1.165) is 21.9 Å². The monoisotopic (exact) mass is 544 g/mol. The van der Waals surface area contributed by atoms with E-state index in [2.05, 4.69) is 10.5 Å². The lowest BCUT2D eigenvalue weighted by Gasteiger charge is -2.34. The summed E-state index contributed by atoms with van der Waals surface area (Å²) in [5, 5.41) is 15.5. The van der Waals surface area contributed by atoms with Crippen LogP contribution >= 0.6 is 11.6 Å². The molecule has 0 saturated carbocycles. The Hall–Kier alpha value is -4.63. The SMILES string of the molecule is O=C(NN=Cc1ccc(CC(=O)N2CCN(C(=O)c3ccco3)CC2)c2ccccc12)c1ccc(O)c(Cl)c1. The Morgan fingerprint density at radius 1 is 0.949 bits per heavy atom. The van der Waals surface area contributed by atoms with E-state index in [-0.39, 0.29) is 34.6 Å². The van der Waals surface area contributed by atoms with Crippen LogP contribution in [0.25, 0.3) is 10.8 Å². The van der Waals surface area contributed by atoms with Gasteiger partial charge in [0.25, 0.3) is 11.8 Å². The molecule has 0 bridgehead atoms. The maximum atomic E-state index is 13.1. The van der Waals surface area contributed by atoms with E-state index in [0.29, 0.717) is 31.9 Å². The Morgan fingerprint density at radius 3 is 2.41 bits per heavy atom. The number of amides is 3. The largest absolute Gasteiger partial charge is 0.506 e. The van der Waals surface area contributed by atoms with Crippen LogP contribution in [0.2, 0.25) is 5.02 Å². The molecule has 3 amide bonds. The van der Waals surface area contributed by atoms with Crippen LogP contribution in [0, 0.1) is 0 Å². The van der Waals surface area contributed by atoms with Gasteiger partial charge in [-0.1, -0.05) is 48.0 Å². The first-order chi connectivity index (χ1) is 18.9. The normalized spacial score (nSPS) is 13.7. The number of aromatic hydroxyl groups is 1. The number of phenols is 1. The summed E-state index contributed by atoms with van der Waals surface area (Å²) >= 11 is 5.88. The fourth-order valence-corrected chi connectivity index (χ4v) is 4.69. The van der Waals surface area contributed by atoms with Crippen molar-refractivity contribution >= 4 is 46.3 Å². The number of nitrogens with one attached hydrogen (secondary N) is 1. The number of phenolic OH excluding ortho intramolecular Hbond substituents is 1. The average molecular weight is 545 g/mol. The molecule has 1 aromatic heterocycles. The molecular weight excluding hydrogens is 520 g/mol. The number of hydrogen-bond donors (Lipinski definition) is 2. The van der Waals surface area contributed by atoms with E-state index < -0.39 is 5.91 Å². The summed E-state index contributed by atoms with van der Waals surface area (Å²) in [5.74, 6) is -0.450. The Balaban J connectivity index is 1.24. The summed E-state index contributed by atoms with van der Waals surface area (Å²) < 4.78 is 5.20. The third kappa shape index (κ3) is 5.78. The first kappa shape index (κ1) is 26.0. The summed E-state index contributed by atoms with van der Waals surface area (Å²) in [4.78, 5) is 41.5. The first-order valence-corrected chi connectivity index (χ1v) is 12.7. The summed E-state index contributed by atoms with van der Waals surface area (Å²) in [6, 6.07) is 18.9. The number of rotatable bonds is 6. The smallest absolute Gasteiger partial charge is 0.289 e. The van der Waals surface area contributed by atoms with Crippen molar-refractivity contribution in [1.82, 2.24) is 15.2 Å². The van der Waals surface area contributed by atoms with Crippen LogP contribution in [-0.2, 0) is 11.2 Å². The maximum Gasteiger partial charge on any atom is 0.289 e. The van der Waals surface area contributed by atoms with Crippen molar-refractivity contribution in [3.05, 3.63) is 100 Å². The average Bonchev–Trinajstić information content (AvgIpc) is 3.50. The van der Waals surface area contributed by atoms with Gasteiger partial charge in [-0.25, -0.2) is 5.43 Å². The molecule has 39 heavy (non-hydrogen) atoms. The molecule has 0 unspecified atom stereocenters. The molecular formula is C29H25ClN4O5. The topological polar surface area (TPSA) is 115 Å². The third-order valence-electron chi connectivity index (χ3n) is 6.62. The molecule has 4 aromatic rings. The number of hydrogen-bond acceptors (Lipinski definition) is 6. The number of nitrogens with zero attached hydrogens (tertiary/aromatic N) is 3. The van der Waals surface area contributed by atoms with Crippen LogP contribution in [0.4, 0.5) is 0 Å². The lowest BCUT2D eigenvalue weighted by molar-refractivity contribution is -0.131. The van der Waals surface area contributed by atoms with Crippen LogP contribution in [-0.4, -0.2) is 65.0 Å². The minimum Gasteiger partial charge on any atom is -0.506 e. The van der Waals surface area contributed by atoms with Gasteiger partial charge in [0.15, 0.2) is 5.76 Å². The van der Waals surface area contributed by atoms with E-state index in [1.807, 2.05) is 36.4 Å². The van der Waals surface area contributed by atoms with Crippen LogP contribution in [0.1, 0.15) is 32.0 Å². The number of carbonyl (C=O) groups excluding carboxylic acids is 3. The van der Waals surface area contributed by atoms with E-state index in [1.165, 1.54) is 24.5 Å². The number of halogens is 1. The van der Waals surface area contributed by atoms with Crippen molar-refractivity contribution in [2.75, 3.05) is 26.2 Å². The van der Waals surface area contributed by atoms with Gasteiger partial charge in [-0.15, -0.1) is 0 Å². The zero-order valence-corrected chi connectivity index (χ0v) is 21.6. The number of hydrazone groups is 1. The second-order valence-electron chi connectivity index (χ2n) is 9.05. The zero-order valence-electron chi connectivity index (χ0n) is 20.8. The molecule has 1 aliphatic rings. The van der Waals surface area contributed by atoms with Crippen molar-refractivity contribution in [3.63, 3.8) is 0 Å². The Bertz CT molecular complexity index is 1560. The Morgan fingerprint density at radius 2 is 1.69 bits per heavy atom. The van der Waals surface area contributed by atoms with Crippen molar-refractivity contribution in [2.45, 2.75) is 6.42 Å². The van der Waals surface area contributed by atoms with Crippen LogP contribution in [0.15, 0.2) is 82.5 Å². The zero-order chi connectivity index (χ0) is 27.4. The van der Waals surface area contributed by atoms with Gasteiger partial charge < -0.3 is 19.3 Å². The second kappa shape index (κ2) is 11.4. The molecule has 0 aliphatic carbocycles. The molecule has 198 valence electrons. The molecule has 10 heteroatoms. The Labute approximate surface area is 229 Å². The minimum atomic E-state index is -0.467. The fourth-order valence-electron chi connectivity index (χ4n) is 4.51. The van der Waals surface area contributed by atoms with Gasteiger partial charge in [-0.05, 0) is 46.7 Å². The van der Waals surface area contributed by atoms with E-state index in [1.54, 1.807) is 28.1 Å². The molecule has 2 heterocycles. The highest BCUT2D eigenvalue weighted by Gasteiger charge is 2.26. The molecule has 0 spiro atoms. The number of furan rings is 1. The molecule has 9 nitrogen and oxygen atoms in total. The maximum absolute atomic E-state index is 13.1. The van der Waals surface area contributed by atoms with E-state index >= 15 is 0 Å². The molecule has 0 atom stereocenters. The summed E-state index contributed by atoms with van der Waals surface area (Å²) in [6.07, 6.45) is 3.24. The molecule has 5 rings (SSSR count). The summed E-state index contributed by atoms with van der Waals surface area (Å²) in [6.45, 7) is 1.81. The van der Waals surface area contributed by atoms with Gasteiger partial charge >= 0.3 is 0 Å². The minimum absolute atomic E-state index is 0.00788. The first-order valence-electron chi connectivity index (χ1n) is 12.3. The molecule has 1 aliphatic heterocycles. The number of benzene rings is 3. The van der Waals surface area contributed by atoms with Crippen molar-refractivity contribution < 1.29 is 23.9 Å². The molecule has 3 aromatic carbocycles. The number of fused-ring (bicyclic) bond motifs is 1. The van der Waals surface area contributed by atoms with E-state index in [9.17, 15) is 19.5 Å². The quantitative estimate of drug-likeness (QED) is 0.280. The highest BCUT2D eigenvalue weighted by molar-refractivity contribution is 6.32. The fraction of sp³-hybridized carbons (Fsp3) is 0.172. The van der Waals surface area contributed by atoms with Crippen molar-refractivity contribution in [2.24, 2.45) is 5.10 Å². The van der Waals surface area contributed by atoms with Gasteiger partial charge in [0.2, 0.25) is 5.91 Å². The second-order valence-corrected chi connectivity index (χ2v) is 9.46. The van der Waals surface area contributed by atoms with Gasteiger partial charge in [0.05, 0.1) is 23.9 Å². The molecule has 2 N–H and O–H groups in total. The van der Waals surface area contributed by atoms with E-state index in [4.69, 9.17) is 16.0 Å². The number of carbonyl (C=O) groups is 3. The van der Waals surface area contributed by atoms with Gasteiger partial charge in [0.1, 0.15) is 5.75 Å². The predicted octanol–water partition coefficient (Wildman–Crippen LogP) is 4.08. The lowest BCUT2D eigenvalue weighted by atomic mass is 9.97. The van der Waals surface area contributed by atoms with Gasteiger partial charge in [-0.3, -0.25) is 14.4 Å².